The summed E-state index contributed by atoms with van der Waals surface area (Å²) in [6, 6.07) is 12.4. The van der Waals surface area contributed by atoms with Crippen LogP contribution >= 0.6 is 0 Å². The zero-order valence-corrected chi connectivity index (χ0v) is 17.1. The molecule has 0 radical (unpaired) electrons. The van der Waals surface area contributed by atoms with Gasteiger partial charge in [-0.05, 0) is 55.3 Å². The van der Waals surface area contributed by atoms with Gasteiger partial charge in [0.05, 0.1) is 18.2 Å². The number of ether oxygens (including phenoxy) is 1. The summed E-state index contributed by atoms with van der Waals surface area (Å²) in [4.78, 5) is 18.4. The number of hydrogen-bond donors (Lipinski definition) is 0. The maximum Gasteiger partial charge on any atom is 0.232 e. The minimum atomic E-state index is -0.406. The van der Waals surface area contributed by atoms with E-state index in [0.717, 1.165) is 29.7 Å². The lowest BCUT2D eigenvalue weighted by Crippen LogP contribution is -2.25. The molecular weight excluding hydrogens is 385 g/mol. The summed E-state index contributed by atoms with van der Waals surface area (Å²) in [5, 5.41) is 4.06. The lowest BCUT2D eigenvalue weighted by molar-refractivity contribution is -0.117. The Bertz CT molecular complexity index is 1030. The number of hydrogen-bond acceptors (Lipinski definition) is 5. The molecule has 4 rings (SSSR count). The predicted octanol–water partition coefficient (Wildman–Crippen LogP) is 4.88. The molecule has 0 aliphatic carbocycles. The molecule has 30 heavy (non-hydrogen) atoms. The molecular formula is C23H24FN3O3. The van der Waals surface area contributed by atoms with E-state index in [1.807, 2.05) is 31.2 Å². The number of aryl methyl sites for hydroxylation is 1. The number of nitrogens with zero attached hydrogens (tertiary/aromatic N) is 3. The van der Waals surface area contributed by atoms with Crippen molar-refractivity contribution < 1.29 is 18.4 Å². The predicted molar refractivity (Wildman–Crippen MR) is 111 cm³/mol. The van der Waals surface area contributed by atoms with Crippen molar-refractivity contribution in [2.75, 3.05) is 18.1 Å². The number of halogens is 1. The molecule has 6 nitrogen and oxygen atoms in total. The molecule has 1 saturated heterocycles. The van der Waals surface area contributed by atoms with Gasteiger partial charge in [0.2, 0.25) is 17.6 Å². The van der Waals surface area contributed by atoms with Crippen molar-refractivity contribution in [1.29, 1.82) is 0 Å². The van der Waals surface area contributed by atoms with Crippen molar-refractivity contribution in [1.82, 2.24) is 10.1 Å². The third kappa shape index (κ3) is 4.20. The van der Waals surface area contributed by atoms with Gasteiger partial charge in [0, 0.05) is 18.5 Å². The topological polar surface area (TPSA) is 68.5 Å². The molecule has 1 aromatic heterocycles. The van der Waals surface area contributed by atoms with Crippen LogP contribution in [0.15, 0.2) is 47.0 Å². The fourth-order valence-corrected chi connectivity index (χ4v) is 3.49. The Hall–Kier alpha value is -3.22. The lowest BCUT2D eigenvalue weighted by atomic mass is 10.1. The summed E-state index contributed by atoms with van der Waals surface area (Å²) >= 11 is 0. The summed E-state index contributed by atoms with van der Waals surface area (Å²) in [6.45, 7) is 4.93. The van der Waals surface area contributed by atoms with Crippen molar-refractivity contribution in [3.8, 4) is 17.1 Å². The third-order valence-electron chi connectivity index (χ3n) is 5.19. The van der Waals surface area contributed by atoms with E-state index in [0.29, 0.717) is 24.9 Å². The van der Waals surface area contributed by atoms with E-state index in [2.05, 4.69) is 17.1 Å². The second-order valence-corrected chi connectivity index (χ2v) is 7.54. The van der Waals surface area contributed by atoms with Crippen LogP contribution in [0.4, 0.5) is 10.1 Å². The molecule has 1 unspecified atom stereocenters. The molecule has 1 atom stereocenters. The van der Waals surface area contributed by atoms with Crippen molar-refractivity contribution in [2.45, 2.75) is 39.0 Å². The Morgan fingerprint density at radius 2 is 2.03 bits per heavy atom. The van der Waals surface area contributed by atoms with E-state index in [4.69, 9.17) is 9.26 Å². The van der Waals surface area contributed by atoms with E-state index in [1.165, 1.54) is 11.0 Å². The number of benzene rings is 2. The minimum Gasteiger partial charge on any atom is -0.494 e. The minimum absolute atomic E-state index is 0.156. The Labute approximate surface area is 174 Å². The van der Waals surface area contributed by atoms with Gasteiger partial charge in [-0.15, -0.1) is 0 Å². The van der Waals surface area contributed by atoms with Crippen LogP contribution in [0.25, 0.3) is 11.4 Å². The van der Waals surface area contributed by atoms with Crippen molar-refractivity contribution >= 4 is 11.6 Å². The number of anilines is 1. The highest BCUT2D eigenvalue weighted by Gasteiger charge is 2.36. The van der Waals surface area contributed by atoms with Gasteiger partial charge in [-0.3, -0.25) is 4.79 Å². The zero-order valence-electron chi connectivity index (χ0n) is 17.1. The van der Waals surface area contributed by atoms with Crippen LogP contribution in [0.5, 0.6) is 5.75 Å². The highest BCUT2D eigenvalue weighted by atomic mass is 19.1. The van der Waals surface area contributed by atoms with E-state index in [1.54, 1.807) is 12.1 Å². The summed E-state index contributed by atoms with van der Waals surface area (Å²) in [7, 11) is 0. The normalized spacial score (nSPS) is 16.3. The highest BCUT2D eigenvalue weighted by Crippen LogP contribution is 2.33. The zero-order chi connectivity index (χ0) is 21.1. The molecule has 2 heterocycles. The second kappa shape index (κ2) is 8.65. The van der Waals surface area contributed by atoms with E-state index in [-0.39, 0.29) is 23.9 Å². The summed E-state index contributed by atoms with van der Waals surface area (Å²) < 4.78 is 25.4. The summed E-state index contributed by atoms with van der Waals surface area (Å²) in [5.74, 6) is 0.811. The number of amides is 1. The smallest absolute Gasteiger partial charge is 0.232 e. The number of rotatable bonds is 7. The fourth-order valence-electron chi connectivity index (χ4n) is 3.49. The molecule has 0 bridgehead atoms. The van der Waals surface area contributed by atoms with Gasteiger partial charge in [-0.25, -0.2) is 4.39 Å². The fraction of sp³-hybridized carbons (Fsp3) is 0.348. The average molecular weight is 409 g/mol. The Kier molecular flexibility index (Phi) is 5.79. The number of aromatic nitrogens is 2. The molecule has 1 aliphatic heterocycles. The Morgan fingerprint density at radius 3 is 2.77 bits per heavy atom. The first-order valence-electron chi connectivity index (χ1n) is 10.2. The maximum atomic E-state index is 14.3. The lowest BCUT2D eigenvalue weighted by Gasteiger charge is -2.17. The average Bonchev–Trinajstić information content (AvgIpc) is 3.36. The maximum absolute atomic E-state index is 14.3. The molecule has 2 aromatic carbocycles. The highest BCUT2D eigenvalue weighted by molar-refractivity contribution is 5.96. The Balaban J connectivity index is 1.46. The van der Waals surface area contributed by atoms with Gasteiger partial charge in [0.25, 0.3) is 0 Å². The van der Waals surface area contributed by atoms with Gasteiger partial charge in [0.1, 0.15) is 11.6 Å². The van der Waals surface area contributed by atoms with Gasteiger partial charge in [0.15, 0.2) is 0 Å². The van der Waals surface area contributed by atoms with E-state index < -0.39 is 5.82 Å². The van der Waals surface area contributed by atoms with Crippen molar-refractivity contribution in [3.05, 3.63) is 59.7 Å². The van der Waals surface area contributed by atoms with Gasteiger partial charge < -0.3 is 14.2 Å². The summed E-state index contributed by atoms with van der Waals surface area (Å²) in [6.07, 6.45) is 2.31. The molecule has 156 valence electrons. The number of carbonyl (C=O) groups is 1. The van der Waals surface area contributed by atoms with Crippen LogP contribution in [-0.2, 0) is 4.79 Å². The first-order chi connectivity index (χ1) is 14.5. The van der Waals surface area contributed by atoms with E-state index in [9.17, 15) is 9.18 Å². The van der Waals surface area contributed by atoms with Crippen LogP contribution in [0.3, 0.4) is 0 Å². The SMILES string of the molecule is CCCCOc1ccc(-c2noc(C3CC(=O)N(c4ccc(C)cc4F)C3)n2)cc1. The van der Waals surface area contributed by atoms with Crippen molar-refractivity contribution in [3.63, 3.8) is 0 Å². The number of unbranched alkanes of at least 4 members (excludes halogenated alkanes) is 1. The van der Waals surface area contributed by atoms with Crippen LogP contribution in [0.2, 0.25) is 0 Å². The molecule has 1 fully saturated rings. The monoisotopic (exact) mass is 409 g/mol. The van der Waals surface area contributed by atoms with Crippen molar-refractivity contribution in [2.24, 2.45) is 0 Å². The van der Waals surface area contributed by atoms with Gasteiger partial charge in [-0.2, -0.15) is 4.98 Å². The molecule has 0 spiro atoms. The standard InChI is InChI=1S/C23H24FN3O3/c1-3-4-11-29-18-8-6-16(7-9-18)22-25-23(30-26-22)17-13-21(28)27(14-17)20-10-5-15(2)12-19(20)24/h5-10,12,17H,3-4,11,13-14H2,1-2H3. The van der Waals surface area contributed by atoms with E-state index >= 15 is 0 Å². The molecule has 0 N–H and O–H groups in total. The first kappa shape index (κ1) is 20.1. The largest absolute Gasteiger partial charge is 0.494 e. The first-order valence-corrected chi connectivity index (χ1v) is 10.2. The van der Waals surface area contributed by atoms with Gasteiger partial charge in [-0.1, -0.05) is 24.6 Å². The Morgan fingerprint density at radius 1 is 1.23 bits per heavy atom. The summed E-state index contributed by atoms with van der Waals surface area (Å²) in [5.41, 5.74) is 1.90. The number of carbonyl (C=O) groups excluding carboxylic acids is 1. The van der Waals surface area contributed by atoms with Crippen LogP contribution < -0.4 is 9.64 Å². The van der Waals surface area contributed by atoms with Crippen LogP contribution in [-0.4, -0.2) is 29.2 Å². The van der Waals surface area contributed by atoms with Crippen LogP contribution in [0, 0.1) is 12.7 Å². The second-order valence-electron chi connectivity index (χ2n) is 7.54. The molecule has 0 saturated carbocycles. The third-order valence-corrected chi connectivity index (χ3v) is 5.19. The quantitative estimate of drug-likeness (QED) is 0.520. The molecule has 1 aliphatic rings. The van der Waals surface area contributed by atoms with Gasteiger partial charge >= 0.3 is 0 Å². The molecule has 1 amide bonds. The van der Waals surface area contributed by atoms with Crippen LogP contribution in [0.1, 0.15) is 43.6 Å². The molecule has 7 heteroatoms. The molecule has 3 aromatic rings.